The van der Waals surface area contributed by atoms with Crippen molar-refractivity contribution in [1.82, 2.24) is 9.80 Å². The van der Waals surface area contributed by atoms with Gasteiger partial charge in [0, 0.05) is 39.3 Å². The van der Waals surface area contributed by atoms with Gasteiger partial charge in [0.25, 0.3) is 0 Å². The van der Waals surface area contributed by atoms with Gasteiger partial charge in [-0.1, -0.05) is 25.0 Å². The van der Waals surface area contributed by atoms with E-state index in [1.807, 2.05) is 17.0 Å². The third kappa shape index (κ3) is 4.37. The molecule has 0 bridgehead atoms. The fourth-order valence-corrected chi connectivity index (χ4v) is 5.03. The quantitative estimate of drug-likeness (QED) is 0.751. The molecule has 1 saturated carbocycles. The van der Waals surface area contributed by atoms with Crippen molar-refractivity contribution in [1.29, 1.82) is 0 Å². The van der Waals surface area contributed by atoms with Gasteiger partial charge in [-0.25, -0.2) is 4.79 Å². The van der Waals surface area contributed by atoms with E-state index in [0.29, 0.717) is 18.4 Å². The molecule has 6 nitrogen and oxygen atoms in total. The number of anilines is 1. The van der Waals surface area contributed by atoms with Crippen molar-refractivity contribution in [3.63, 3.8) is 0 Å². The highest BCUT2D eigenvalue weighted by atomic mass is 16.6. The molecule has 0 radical (unpaired) electrons. The number of cyclic esters (lactones) is 1. The lowest BCUT2D eigenvalue weighted by molar-refractivity contribution is 0.115. The number of hydrogen-bond acceptors (Lipinski definition) is 5. The molecular formula is C22H33N3O3. The van der Waals surface area contributed by atoms with Gasteiger partial charge in [0.05, 0.1) is 19.3 Å². The summed E-state index contributed by atoms with van der Waals surface area (Å²) >= 11 is 0. The molecule has 0 N–H and O–H groups in total. The molecule has 3 fully saturated rings. The van der Waals surface area contributed by atoms with Crippen LogP contribution >= 0.6 is 0 Å². The van der Waals surface area contributed by atoms with E-state index in [1.54, 1.807) is 7.11 Å². The van der Waals surface area contributed by atoms with Crippen LogP contribution in [0, 0.1) is 11.8 Å². The number of rotatable bonds is 6. The minimum atomic E-state index is -0.116. The number of benzene rings is 1. The number of carbonyl (C=O) groups is 1. The zero-order chi connectivity index (χ0) is 19.3. The van der Waals surface area contributed by atoms with Crippen molar-refractivity contribution in [2.75, 3.05) is 64.4 Å². The lowest BCUT2D eigenvalue weighted by atomic mass is 9.78. The van der Waals surface area contributed by atoms with Gasteiger partial charge in [-0.3, -0.25) is 4.90 Å². The second-order valence-electron chi connectivity index (χ2n) is 8.32. The Morgan fingerprint density at radius 3 is 2.39 bits per heavy atom. The van der Waals surface area contributed by atoms with Crippen LogP contribution in [0.25, 0.3) is 0 Å². The van der Waals surface area contributed by atoms with Crippen LogP contribution in [0.4, 0.5) is 10.5 Å². The number of piperazine rings is 1. The van der Waals surface area contributed by atoms with Gasteiger partial charge in [0.1, 0.15) is 12.4 Å². The van der Waals surface area contributed by atoms with Gasteiger partial charge in [-0.2, -0.15) is 0 Å². The molecule has 2 saturated heterocycles. The Hall–Kier alpha value is -1.95. The number of ether oxygens (including phenoxy) is 2. The maximum absolute atomic E-state index is 11.8. The zero-order valence-electron chi connectivity index (χ0n) is 17.0. The maximum atomic E-state index is 11.8. The predicted molar refractivity (Wildman–Crippen MR) is 110 cm³/mol. The minimum absolute atomic E-state index is 0.116. The molecule has 2 aliphatic heterocycles. The Kier molecular flexibility index (Phi) is 6.25. The van der Waals surface area contributed by atoms with Crippen LogP contribution in [-0.4, -0.2) is 75.4 Å². The molecular weight excluding hydrogens is 354 g/mol. The topological polar surface area (TPSA) is 45.2 Å². The molecule has 3 aliphatic rings. The van der Waals surface area contributed by atoms with Crippen LogP contribution in [0.5, 0.6) is 5.75 Å². The van der Waals surface area contributed by atoms with Gasteiger partial charge in [-0.15, -0.1) is 0 Å². The average Bonchev–Trinajstić information content (AvgIpc) is 3.14. The Morgan fingerprint density at radius 1 is 1.00 bits per heavy atom. The fraction of sp³-hybridized carbons (Fsp3) is 0.682. The largest absolute Gasteiger partial charge is 0.495 e. The first-order chi connectivity index (χ1) is 13.7. The van der Waals surface area contributed by atoms with E-state index in [0.717, 1.165) is 51.6 Å². The van der Waals surface area contributed by atoms with Crippen molar-refractivity contribution >= 4 is 11.8 Å². The molecule has 1 amide bonds. The van der Waals surface area contributed by atoms with Crippen LogP contribution in [0.1, 0.15) is 25.7 Å². The number of carbonyl (C=O) groups excluding carboxylic acids is 1. The van der Waals surface area contributed by atoms with E-state index in [1.165, 1.54) is 31.4 Å². The predicted octanol–water partition coefficient (Wildman–Crippen LogP) is 3.08. The molecule has 0 unspecified atom stereocenters. The van der Waals surface area contributed by atoms with E-state index in [9.17, 15) is 4.79 Å². The second-order valence-corrected chi connectivity index (χ2v) is 8.32. The molecule has 2 atom stereocenters. The Bertz CT molecular complexity index is 660. The number of methoxy groups -OCH3 is 1. The first-order valence-electron chi connectivity index (χ1n) is 10.8. The molecule has 0 aromatic heterocycles. The molecule has 28 heavy (non-hydrogen) atoms. The van der Waals surface area contributed by atoms with Gasteiger partial charge >= 0.3 is 6.09 Å². The third-order valence-electron chi connectivity index (χ3n) is 6.66. The highest BCUT2D eigenvalue weighted by Gasteiger charge is 2.32. The van der Waals surface area contributed by atoms with Gasteiger partial charge in [-0.05, 0) is 36.8 Å². The molecule has 1 aromatic carbocycles. The van der Waals surface area contributed by atoms with E-state index >= 15 is 0 Å². The first-order valence-corrected chi connectivity index (χ1v) is 10.8. The molecule has 1 aromatic rings. The monoisotopic (exact) mass is 387 g/mol. The Labute approximate surface area is 168 Å². The Morgan fingerprint density at radius 2 is 1.71 bits per heavy atom. The summed E-state index contributed by atoms with van der Waals surface area (Å²) in [5, 5.41) is 0. The van der Waals surface area contributed by atoms with Crippen LogP contribution in [0.3, 0.4) is 0 Å². The van der Waals surface area contributed by atoms with Gasteiger partial charge in [0.2, 0.25) is 0 Å². The normalized spacial score (nSPS) is 26.4. The molecule has 154 valence electrons. The van der Waals surface area contributed by atoms with Crippen LogP contribution in [0.15, 0.2) is 24.3 Å². The maximum Gasteiger partial charge on any atom is 0.409 e. The van der Waals surface area contributed by atoms with Crippen molar-refractivity contribution < 1.29 is 14.3 Å². The summed E-state index contributed by atoms with van der Waals surface area (Å²) in [5.41, 5.74) is 1.20. The van der Waals surface area contributed by atoms with E-state index < -0.39 is 0 Å². The van der Waals surface area contributed by atoms with Crippen LogP contribution in [-0.2, 0) is 4.74 Å². The molecule has 2 heterocycles. The van der Waals surface area contributed by atoms with Crippen LogP contribution < -0.4 is 9.64 Å². The molecule has 4 rings (SSSR count). The zero-order valence-corrected chi connectivity index (χ0v) is 17.0. The smallest absolute Gasteiger partial charge is 0.409 e. The standard InChI is InChI=1S/C22H33N3O3/c1-27-21-9-5-4-8-20(21)24-12-10-23(11-13-24)16-18-6-2-3-7-19(18)17-25-14-15-28-22(25)26/h4-5,8-9,18-19H,2-3,6-7,10-17H2,1H3/t18-,19-/m0/s1. The molecule has 6 heteroatoms. The summed E-state index contributed by atoms with van der Waals surface area (Å²) in [5.74, 6) is 2.27. The van der Waals surface area contributed by atoms with Gasteiger partial charge < -0.3 is 19.3 Å². The van der Waals surface area contributed by atoms with Gasteiger partial charge in [0.15, 0.2) is 0 Å². The summed E-state index contributed by atoms with van der Waals surface area (Å²) in [4.78, 5) is 18.8. The lowest BCUT2D eigenvalue weighted by Crippen LogP contribution is -2.49. The number of para-hydroxylation sites is 2. The van der Waals surface area contributed by atoms with E-state index in [4.69, 9.17) is 9.47 Å². The minimum Gasteiger partial charge on any atom is -0.495 e. The average molecular weight is 388 g/mol. The summed E-state index contributed by atoms with van der Waals surface area (Å²) < 4.78 is 10.7. The second kappa shape index (κ2) is 9.03. The van der Waals surface area contributed by atoms with Crippen molar-refractivity contribution in [3.05, 3.63) is 24.3 Å². The Balaban J connectivity index is 1.31. The van der Waals surface area contributed by atoms with Crippen LogP contribution in [0.2, 0.25) is 0 Å². The third-order valence-corrected chi connectivity index (χ3v) is 6.66. The molecule has 1 aliphatic carbocycles. The van der Waals surface area contributed by atoms with Crippen molar-refractivity contribution in [2.45, 2.75) is 25.7 Å². The number of hydrogen-bond donors (Lipinski definition) is 0. The summed E-state index contributed by atoms with van der Waals surface area (Å²) in [6.07, 6.45) is 5.05. The highest BCUT2D eigenvalue weighted by molar-refractivity contribution is 5.69. The summed E-state index contributed by atoms with van der Waals surface area (Å²) in [7, 11) is 1.74. The van der Waals surface area contributed by atoms with Crippen molar-refractivity contribution in [2.24, 2.45) is 11.8 Å². The number of amides is 1. The van der Waals surface area contributed by atoms with Crippen molar-refractivity contribution in [3.8, 4) is 5.75 Å². The first kappa shape index (κ1) is 19.4. The fourth-order valence-electron chi connectivity index (χ4n) is 5.03. The lowest BCUT2D eigenvalue weighted by Gasteiger charge is -2.41. The summed E-state index contributed by atoms with van der Waals surface area (Å²) in [6.45, 7) is 7.62. The number of nitrogens with zero attached hydrogens (tertiary/aromatic N) is 3. The SMILES string of the molecule is COc1ccccc1N1CCN(C[C@@H]2CCCC[C@H]2CN2CCOC2=O)CC1. The van der Waals surface area contributed by atoms with E-state index in [-0.39, 0.29) is 6.09 Å². The summed E-state index contributed by atoms with van der Waals surface area (Å²) in [6, 6.07) is 8.30. The highest BCUT2D eigenvalue weighted by Crippen LogP contribution is 2.33. The van der Waals surface area contributed by atoms with E-state index in [2.05, 4.69) is 21.9 Å². The molecule has 0 spiro atoms.